The number of epoxide rings is 1. The molecule has 4 saturated heterocycles. The first-order valence-corrected chi connectivity index (χ1v) is 12.3. The number of ketones is 1. The van der Waals surface area contributed by atoms with Crippen molar-refractivity contribution in [3.05, 3.63) is 24.2 Å². The molecule has 6 fully saturated rings. The third-order valence-electron chi connectivity index (χ3n) is 10.7. The molecule has 0 radical (unpaired) electrons. The fraction of sp³-hybridized carbons (Fsp3) is 0.731. The summed E-state index contributed by atoms with van der Waals surface area (Å²) >= 11 is 0. The first-order valence-electron chi connectivity index (χ1n) is 12.3. The largest absolute Gasteiger partial charge is 0.465 e. The van der Waals surface area contributed by atoms with E-state index in [9.17, 15) is 14.4 Å². The van der Waals surface area contributed by atoms with Gasteiger partial charge in [-0.15, -0.1) is 0 Å². The van der Waals surface area contributed by atoms with Crippen LogP contribution in [-0.4, -0.2) is 47.7 Å². The van der Waals surface area contributed by atoms with Crippen LogP contribution in [0.3, 0.4) is 0 Å². The molecule has 0 N–H and O–H groups in total. The van der Waals surface area contributed by atoms with E-state index >= 15 is 0 Å². The van der Waals surface area contributed by atoms with Gasteiger partial charge in [-0.2, -0.15) is 0 Å². The number of furan rings is 1. The van der Waals surface area contributed by atoms with Gasteiger partial charge in [0.05, 0.1) is 29.8 Å². The highest BCUT2D eigenvalue weighted by molar-refractivity contribution is 5.93. The van der Waals surface area contributed by atoms with Crippen molar-refractivity contribution >= 4 is 17.7 Å². The van der Waals surface area contributed by atoms with Crippen LogP contribution >= 0.6 is 0 Å². The van der Waals surface area contributed by atoms with Crippen molar-refractivity contribution in [2.45, 2.75) is 82.9 Å². The van der Waals surface area contributed by atoms with Gasteiger partial charge in [0, 0.05) is 23.2 Å². The highest BCUT2D eigenvalue weighted by Gasteiger charge is 2.90. The number of hydrogen-bond acceptors (Lipinski definition) is 8. The monoisotopic (exact) mass is 470 g/mol. The van der Waals surface area contributed by atoms with Crippen LogP contribution in [0.2, 0.25) is 0 Å². The zero-order valence-electron chi connectivity index (χ0n) is 19.9. The second kappa shape index (κ2) is 5.95. The molecule has 1 aromatic rings. The Morgan fingerprint density at radius 1 is 0.971 bits per heavy atom. The lowest BCUT2D eigenvalue weighted by Crippen LogP contribution is -2.72. The smallest absolute Gasteiger partial charge is 0.339 e. The summed E-state index contributed by atoms with van der Waals surface area (Å²) in [7, 11) is 0. The number of carbonyl (C=O) groups is 3. The van der Waals surface area contributed by atoms with Gasteiger partial charge in [-0.25, -0.2) is 4.79 Å². The van der Waals surface area contributed by atoms with Gasteiger partial charge in [0.25, 0.3) is 0 Å². The van der Waals surface area contributed by atoms with Crippen molar-refractivity contribution in [3.63, 3.8) is 0 Å². The van der Waals surface area contributed by atoms with E-state index in [4.69, 9.17) is 23.4 Å². The average molecular weight is 471 g/mol. The van der Waals surface area contributed by atoms with Crippen LogP contribution in [0.15, 0.2) is 22.8 Å². The number of rotatable bonds is 1. The minimum absolute atomic E-state index is 0.0713. The third kappa shape index (κ3) is 2.02. The van der Waals surface area contributed by atoms with Gasteiger partial charge in [0.1, 0.15) is 23.8 Å². The van der Waals surface area contributed by atoms with Gasteiger partial charge in [-0.3, -0.25) is 9.59 Å². The van der Waals surface area contributed by atoms with E-state index in [1.165, 1.54) is 0 Å². The Morgan fingerprint density at radius 2 is 1.76 bits per heavy atom. The number of cyclic esters (lactones) is 2. The van der Waals surface area contributed by atoms with Crippen molar-refractivity contribution in [1.29, 1.82) is 0 Å². The molecule has 34 heavy (non-hydrogen) atoms. The van der Waals surface area contributed by atoms with Crippen LogP contribution in [0.1, 0.15) is 65.2 Å². The lowest BCUT2D eigenvalue weighted by molar-refractivity contribution is -0.227. The van der Waals surface area contributed by atoms with Gasteiger partial charge in [-0.1, -0.05) is 6.92 Å². The minimum atomic E-state index is -0.995. The molecule has 8 nitrogen and oxygen atoms in total. The molecule has 7 rings (SSSR count). The lowest BCUT2D eigenvalue weighted by Gasteiger charge is -2.64. The number of fused-ring (bicyclic) bond motifs is 1. The van der Waals surface area contributed by atoms with Gasteiger partial charge in [0.2, 0.25) is 0 Å². The minimum Gasteiger partial charge on any atom is -0.465 e. The maximum absolute atomic E-state index is 14.2. The van der Waals surface area contributed by atoms with E-state index in [1.54, 1.807) is 12.3 Å². The highest BCUT2D eigenvalue weighted by Crippen LogP contribution is 2.79. The Labute approximate surface area is 197 Å². The molecule has 1 aromatic heterocycles. The summed E-state index contributed by atoms with van der Waals surface area (Å²) in [4.78, 5) is 39.6. The van der Waals surface area contributed by atoms with E-state index in [-0.39, 0.29) is 42.7 Å². The Hall–Kier alpha value is -2.19. The lowest BCUT2D eigenvalue weighted by atomic mass is 9.37. The molecule has 2 aliphatic carbocycles. The maximum Gasteiger partial charge on any atom is 0.339 e. The van der Waals surface area contributed by atoms with Crippen molar-refractivity contribution in [1.82, 2.24) is 0 Å². The standard InChI is InChI=1S/C26H30O8/c1-22(2)15-10-16(27)24(4)14(25(15)12-31-18(28)11-17(25)33-22)7-8-23(3)19(13-6-5-9-30-13)32-21(29)20-26(23,24)34-20/h5-6,9,14-15,17,19-20H,7-8,10-12H2,1-4H3. The normalized spacial score (nSPS) is 52.4. The fourth-order valence-corrected chi connectivity index (χ4v) is 9.29. The quantitative estimate of drug-likeness (QED) is 0.455. The molecule has 182 valence electrons. The molecule has 4 aliphatic heterocycles. The Bertz CT molecular complexity index is 1120. The van der Waals surface area contributed by atoms with E-state index in [2.05, 4.69) is 6.92 Å². The fourth-order valence-electron chi connectivity index (χ4n) is 9.29. The Kier molecular flexibility index (Phi) is 3.70. The number of esters is 2. The molecular formula is C26H30O8. The first kappa shape index (κ1) is 21.1. The second-order valence-electron chi connectivity index (χ2n) is 12.1. The zero-order chi connectivity index (χ0) is 23.9. The zero-order valence-corrected chi connectivity index (χ0v) is 19.9. The van der Waals surface area contributed by atoms with E-state index < -0.39 is 45.6 Å². The van der Waals surface area contributed by atoms with Crippen LogP contribution in [-0.2, 0) is 33.3 Å². The molecule has 0 bridgehead atoms. The summed E-state index contributed by atoms with van der Waals surface area (Å²) in [6, 6.07) is 3.59. The molecule has 9 unspecified atom stereocenters. The molecule has 8 heteroatoms. The van der Waals surface area contributed by atoms with E-state index in [0.29, 0.717) is 18.6 Å². The summed E-state index contributed by atoms with van der Waals surface area (Å²) < 4.78 is 30.2. The second-order valence-corrected chi connectivity index (χ2v) is 12.1. The predicted octanol–water partition coefficient (Wildman–Crippen LogP) is 3.14. The number of carbonyl (C=O) groups excluding carboxylic acids is 3. The summed E-state index contributed by atoms with van der Waals surface area (Å²) in [5, 5.41) is 0. The van der Waals surface area contributed by atoms with E-state index in [1.807, 2.05) is 26.8 Å². The van der Waals surface area contributed by atoms with Crippen LogP contribution in [0.5, 0.6) is 0 Å². The summed E-state index contributed by atoms with van der Waals surface area (Å²) in [6.07, 6.45) is 1.73. The summed E-state index contributed by atoms with van der Waals surface area (Å²) in [5.74, 6) is -0.249. The molecule has 2 spiro atoms. The number of Topliss-reactive ketones (excluding diaryl/α,β-unsaturated/α-hetero) is 1. The van der Waals surface area contributed by atoms with Gasteiger partial charge in [-0.05, 0) is 51.7 Å². The van der Waals surface area contributed by atoms with Crippen LogP contribution < -0.4 is 0 Å². The summed E-state index contributed by atoms with van der Waals surface area (Å²) in [6.45, 7) is 8.33. The van der Waals surface area contributed by atoms with Gasteiger partial charge in [0.15, 0.2) is 12.2 Å². The van der Waals surface area contributed by atoms with Crippen LogP contribution in [0.4, 0.5) is 0 Å². The maximum atomic E-state index is 14.2. The molecule has 0 aromatic carbocycles. The van der Waals surface area contributed by atoms with Crippen molar-refractivity contribution in [2.75, 3.05) is 6.61 Å². The Morgan fingerprint density at radius 3 is 2.50 bits per heavy atom. The Balaban J connectivity index is 1.41. The molecule has 6 aliphatic rings. The topological polar surface area (TPSA) is 105 Å². The van der Waals surface area contributed by atoms with Crippen LogP contribution in [0, 0.1) is 28.1 Å². The molecule has 2 saturated carbocycles. The highest BCUT2D eigenvalue weighted by atomic mass is 16.7. The number of ether oxygens (including phenoxy) is 4. The van der Waals surface area contributed by atoms with Crippen LogP contribution in [0.25, 0.3) is 0 Å². The first-order chi connectivity index (χ1) is 16.0. The van der Waals surface area contributed by atoms with Crippen molar-refractivity contribution < 1.29 is 37.7 Å². The van der Waals surface area contributed by atoms with Crippen molar-refractivity contribution in [3.8, 4) is 0 Å². The third-order valence-corrected chi connectivity index (χ3v) is 10.7. The molecular weight excluding hydrogens is 440 g/mol. The van der Waals surface area contributed by atoms with E-state index in [0.717, 1.165) is 6.42 Å². The number of hydrogen-bond donors (Lipinski definition) is 0. The summed E-state index contributed by atoms with van der Waals surface area (Å²) in [5.41, 5.74) is -3.62. The molecule has 9 atom stereocenters. The predicted molar refractivity (Wildman–Crippen MR) is 114 cm³/mol. The van der Waals surface area contributed by atoms with Gasteiger partial charge >= 0.3 is 11.9 Å². The molecule has 5 heterocycles. The van der Waals surface area contributed by atoms with Crippen molar-refractivity contribution in [2.24, 2.45) is 28.1 Å². The average Bonchev–Trinajstić information content (AvgIpc) is 3.26. The SMILES string of the molecule is CC1(C)OC2CC(=O)OCC23C1CC(=O)C1(C)C3CCC2(C)C(c3ccco3)OC(=O)C3OC321. The molecule has 0 amide bonds. The van der Waals surface area contributed by atoms with Gasteiger partial charge < -0.3 is 23.4 Å².